The van der Waals surface area contributed by atoms with Gasteiger partial charge in [-0.15, -0.1) is 0 Å². The highest BCUT2D eigenvalue weighted by Crippen LogP contribution is 2.23. The van der Waals surface area contributed by atoms with Crippen molar-refractivity contribution in [1.29, 1.82) is 0 Å². The Morgan fingerprint density at radius 1 is 1.07 bits per heavy atom. The molecule has 0 aliphatic carbocycles. The molecule has 0 bridgehead atoms. The third-order valence-electron chi connectivity index (χ3n) is 4.29. The second kappa shape index (κ2) is 8.11. The lowest BCUT2D eigenvalue weighted by molar-refractivity contribution is 0.101. The number of amides is 1. The molecule has 0 unspecified atom stereocenters. The Labute approximate surface area is 177 Å². The first-order valence-electron chi connectivity index (χ1n) is 8.80. The number of aryl methyl sites for hydroxylation is 1. The molecule has 29 heavy (non-hydrogen) atoms. The lowest BCUT2D eigenvalue weighted by Gasteiger charge is -2.04. The zero-order valence-corrected chi connectivity index (χ0v) is 16.9. The zero-order valence-electron chi connectivity index (χ0n) is 15.4. The van der Waals surface area contributed by atoms with E-state index in [0.29, 0.717) is 28.2 Å². The van der Waals surface area contributed by atoms with Gasteiger partial charge < -0.3 is 9.84 Å². The van der Waals surface area contributed by atoms with Gasteiger partial charge in [-0.05, 0) is 24.6 Å². The average Bonchev–Trinajstić information content (AvgIpc) is 3.35. The van der Waals surface area contributed by atoms with Crippen molar-refractivity contribution < 1.29 is 9.32 Å². The molecule has 0 atom stereocenters. The molecular formula is C21H16Cl2N4O2. The van der Waals surface area contributed by atoms with E-state index in [9.17, 15) is 4.79 Å². The maximum atomic E-state index is 12.4. The van der Waals surface area contributed by atoms with Crippen molar-refractivity contribution >= 4 is 34.9 Å². The van der Waals surface area contributed by atoms with Gasteiger partial charge in [0.15, 0.2) is 17.3 Å². The SMILES string of the molecule is Cc1ccc(-c2cc(C(=O)Nc3ccn(Cc4ccc(Cl)c(Cl)c4)n3)no2)cc1. The minimum atomic E-state index is -0.396. The quantitative estimate of drug-likeness (QED) is 0.460. The highest BCUT2D eigenvalue weighted by Gasteiger charge is 2.15. The van der Waals surface area contributed by atoms with Crippen LogP contribution in [-0.4, -0.2) is 20.8 Å². The van der Waals surface area contributed by atoms with Crippen molar-refractivity contribution in [2.45, 2.75) is 13.5 Å². The Balaban J connectivity index is 1.42. The third kappa shape index (κ3) is 4.50. The number of anilines is 1. The van der Waals surface area contributed by atoms with E-state index >= 15 is 0 Å². The predicted molar refractivity (Wildman–Crippen MR) is 112 cm³/mol. The molecule has 2 aromatic heterocycles. The van der Waals surface area contributed by atoms with Crippen molar-refractivity contribution in [3.05, 3.63) is 87.7 Å². The number of benzene rings is 2. The Hall–Kier alpha value is -3.09. The Kier molecular flexibility index (Phi) is 5.38. The molecule has 4 aromatic rings. The smallest absolute Gasteiger partial charge is 0.279 e. The summed E-state index contributed by atoms with van der Waals surface area (Å²) in [4.78, 5) is 12.4. The molecule has 6 nitrogen and oxygen atoms in total. The minimum Gasteiger partial charge on any atom is -0.355 e. The van der Waals surface area contributed by atoms with Crippen LogP contribution in [0.2, 0.25) is 10.0 Å². The second-order valence-electron chi connectivity index (χ2n) is 6.54. The van der Waals surface area contributed by atoms with Crippen molar-refractivity contribution in [3.8, 4) is 11.3 Å². The van der Waals surface area contributed by atoms with Crippen LogP contribution in [0.25, 0.3) is 11.3 Å². The molecule has 2 heterocycles. The summed E-state index contributed by atoms with van der Waals surface area (Å²) in [7, 11) is 0. The number of rotatable bonds is 5. The van der Waals surface area contributed by atoms with E-state index in [1.807, 2.05) is 37.3 Å². The van der Waals surface area contributed by atoms with Gasteiger partial charge in [-0.1, -0.05) is 64.3 Å². The van der Waals surface area contributed by atoms with Crippen LogP contribution in [0.4, 0.5) is 5.82 Å². The van der Waals surface area contributed by atoms with Crippen LogP contribution in [0.1, 0.15) is 21.6 Å². The van der Waals surface area contributed by atoms with Gasteiger partial charge in [-0.25, -0.2) is 0 Å². The highest BCUT2D eigenvalue weighted by molar-refractivity contribution is 6.42. The fourth-order valence-corrected chi connectivity index (χ4v) is 3.08. The zero-order chi connectivity index (χ0) is 20.4. The van der Waals surface area contributed by atoms with Crippen LogP contribution in [0.5, 0.6) is 0 Å². The van der Waals surface area contributed by atoms with Crippen molar-refractivity contribution in [2.75, 3.05) is 5.32 Å². The molecular weight excluding hydrogens is 411 g/mol. The summed E-state index contributed by atoms with van der Waals surface area (Å²) in [6.45, 7) is 2.50. The summed E-state index contributed by atoms with van der Waals surface area (Å²) in [6, 6.07) is 16.5. The molecule has 0 aliphatic rings. The summed E-state index contributed by atoms with van der Waals surface area (Å²) < 4.78 is 6.98. The van der Waals surface area contributed by atoms with Gasteiger partial charge in [0.2, 0.25) is 0 Å². The number of aromatic nitrogens is 3. The fourth-order valence-electron chi connectivity index (χ4n) is 2.76. The van der Waals surface area contributed by atoms with Crippen LogP contribution in [0.3, 0.4) is 0 Å². The Morgan fingerprint density at radius 3 is 2.62 bits per heavy atom. The van der Waals surface area contributed by atoms with Crippen molar-refractivity contribution in [2.24, 2.45) is 0 Å². The predicted octanol–water partition coefficient (Wildman–Crippen LogP) is 5.45. The summed E-state index contributed by atoms with van der Waals surface area (Å²) in [5.74, 6) is 0.544. The molecule has 1 N–H and O–H groups in total. The minimum absolute atomic E-state index is 0.180. The number of nitrogens with one attached hydrogen (secondary N) is 1. The monoisotopic (exact) mass is 426 g/mol. The first-order valence-corrected chi connectivity index (χ1v) is 9.56. The fraction of sp³-hybridized carbons (Fsp3) is 0.0952. The number of hydrogen-bond donors (Lipinski definition) is 1. The normalized spacial score (nSPS) is 10.9. The number of carbonyl (C=O) groups is 1. The average molecular weight is 427 g/mol. The molecule has 4 rings (SSSR count). The number of carbonyl (C=O) groups excluding carboxylic acids is 1. The van der Waals surface area contributed by atoms with E-state index in [0.717, 1.165) is 16.7 Å². The van der Waals surface area contributed by atoms with Gasteiger partial charge in [-0.2, -0.15) is 5.10 Å². The van der Waals surface area contributed by atoms with Gasteiger partial charge >= 0.3 is 0 Å². The molecule has 2 aromatic carbocycles. The number of hydrogen-bond acceptors (Lipinski definition) is 4. The molecule has 8 heteroatoms. The molecule has 1 amide bonds. The van der Waals surface area contributed by atoms with E-state index in [4.69, 9.17) is 27.7 Å². The van der Waals surface area contributed by atoms with E-state index in [1.165, 1.54) is 0 Å². The first kappa shape index (κ1) is 19.2. The van der Waals surface area contributed by atoms with Crippen LogP contribution < -0.4 is 5.32 Å². The van der Waals surface area contributed by atoms with Crippen LogP contribution in [0.15, 0.2) is 65.3 Å². The van der Waals surface area contributed by atoms with E-state index < -0.39 is 5.91 Å². The van der Waals surface area contributed by atoms with Gasteiger partial charge in [0.05, 0.1) is 16.6 Å². The third-order valence-corrected chi connectivity index (χ3v) is 5.03. The maximum absolute atomic E-state index is 12.4. The van der Waals surface area contributed by atoms with E-state index in [2.05, 4.69) is 15.6 Å². The summed E-state index contributed by atoms with van der Waals surface area (Å²) in [5.41, 5.74) is 3.12. The van der Waals surface area contributed by atoms with Crippen LogP contribution in [-0.2, 0) is 6.54 Å². The number of halogens is 2. The first-order chi connectivity index (χ1) is 14.0. The van der Waals surface area contributed by atoms with Crippen molar-refractivity contribution in [3.63, 3.8) is 0 Å². The van der Waals surface area contributed by atoms with Crippen LogP contribution in [0, 0.1) is 6.92 Å². The van der Waals surface area contributed by atoms with Gasteiger partial charge in [-0.3, -0.25) is 9.48 Å². The van der Waals surface area contributed by atoms with Gasteiger partial charge in [0.25, 0.3) is 5.91 Å². The lowest BCUT2D eigenvalue weighted by atomic mass is 10.1. The molecule has 0 fully saturated rings. The van der Waals surface area contributed by atoms with Gasteiger partial charge in [0, 0.05) is 23.9 Å². The number of nitrogens with zero attached hydrogens (tertiary/aromatic N) is 3. The van der Waals surface area contributed by atoms with Crippen molar-refractivity contribution in [1.82, 2.24) is 14.9 Å². The Bertz CT molecular complexity index is 1170. The van der Waals surface area contributed by atoms with E-state index in [-0.39, 0.29) is 5.69 Å². The molecule has 0 aliphatic heterocycles. The topological polar surface area (TPSA) is 73.0 Å². The Morgan fingerprint density at radius 2 is 1.86 bits per heavy atom. The summed E-state index contributed by atoms with van der Waals surface area (Å²) in [5, 5.41) is 11.9. The maximum Gasteiger partial charge on any atom is 0.279 e. The molecule has 146 valence electrons. The van der Waals surface area contributed by atoms with E-state index in [1.54, 1.807) is 35.1 Å². The van der Waals surface area contributed by atoms with Gasteiger partial charge in [0.1, 0.15) is 0 Å². The lowest BCUT2D eigenvalue weighted by Crippen LogP contribution is -2.13. The summed E-state index contributed by atoms with van der Waals surface area (Å²) in [6.07, 6.45) is 1.76. The molecule has 0 radical (unpaired) electrons. The standard InChI is InChI=1S/C21H16Cl2N4O2/c1-13-2-5-15(6-3-13)19-11-18(26-29-19)21(28)24-20-8-9-27(25-20)12-14-4-7-16(22)17(23)10-14/h2-11H,12H2,1H3,(H,24,25,28). The molecule has 0 spiro atoms. The largest absolute Gasteiger partial charge is 0.355 e. The summed E-state index contributed by atoms with van der Waals surface area (Å²) >= 11 is 12.0. The molecule has 0 saturated carbocycles. The highest BCUT2D eigenvalue weighted by atomic mass is 35.5. The van der Waals surface area contributed by atoms with Crippen LogP contribution >= 0.6 is 23.2 Å². The molecule has 0 saturated heterocycles. The second-order valence-corrected chi connectivity index (χ2v) is 7.36.